The Kier molecular flexibility index (Phi) is 5.90. The fourth-order valence-electron chi connectivity index (χ4n) is 2.24. The average Bonchev–Trinajstić information content (AvgIpc) is 2.53. The van der Waals surface area contributed by atoms with Crippen molar-refractivity contribution < 1.29 is 9.50 Å². The third-order valence-corrected chi connectivity index (χ3v) is 3.62. The first-order valence-corrected chi connectivity index (χ1v) is 7.36. The molecule has 2 N–H and O–H groups in total. The molecule has 0 bridgehead atoms. The number of aryl methyl sites for hydroxylation is 1. The van der Waals surface area contributed by atoms with Crippen LogP contribution in [-0.4, -0.2) is 17.7 Å². The van der Waals surface area contributed by atoms with E-state index < -0.39 is 6.10 Å². The predicted octanol–water partition coefficient (Wildman–Crippen LogP) is 3.47. The summed E-state index contributed by atoms with van der Waals surface area (Å²) >= 11 is 0. The van der Waals surface area contributed by atoms with E-state index in [-0.39, 0.29) is 5.82 Å². The van der Waals surface area contributed by atoms with Crippen molar-refractivity contribution in [2.75, 3.05) is 6.54 Å². The molecule has 0 fully saturated rings. The zero-order chi connectivity index (χ0) is 15.1. The van der Waals surface area contributed by atoms with Gasteiger partial charge in [-0.2, -0.15) is 0 Å². The number of halogens is 1. The number of benzene rings is 2. The molecule has 0 radical (unpaired) electrons. The van der Waals surface area contributed by atoms with Gasteiger partial charge in [0.05, 0.1) is 6.10 Å². The zero-order valence-electron chi connectivity index (χ0n) is 12.3. The van der Waals surface area contributed by atoms with Crippen LogP contribution in [0.2, 0.25) is 0 Å². The minimum atomic E-state index is -0.487. The van der Waals surface area contributed by atoms with Crippen LogP contribution in [0.5, 0.6) is 0 Å². The molecule has 0 aromatic heterocycles. The standard InChI is InChI=1S/C18H22FNO/c1-14(7-8-15-9-11-17(19)12-10-15)20-13-18(21)16-5-3-2-4-6-16/h2-6,9-12,14,18,20-21H,7-8,13H2,1H3. The van der Waals surface area contributed by atoms with Crippen LogP contribution in [0.15, 0.2) is 54.6 Å². The van der Waals surface area contributed by atoms with Crippen molar-refractivity contribution >= 4 is 0 Å². The van der Waals surface area contributed by atoms with Crippen LogP contribution in [0, 0.1) is 5.82 Å². The van der Waals surface area contributed by atoms with Gasteiger partial charge in [0.1, 0.15) is 5.82 Å². The van der Waals surface area contributed by atoms with Crippen molar-refractivity contribution in [1.82, 2.24) is 5.32 Å². The number of aliphatic hydroxyl groups excluding tert-OH is 1. The van der Waals surface area contributed by atoms with Crippen LogP contribution in [-0.2, 0) is 6.42 Å². The topological polar surface area (TPSA) is 32.3 Å². The van der Waals surface area contributed by atoms with E-state index >= 15 is 0 Å². The first-order valence-electron chi connectivity index (χ1n) is 7.36. The van der Waals surface area contributed by atoms with Gasteiger partial charge in [-0.25, -0.2) is 4.39 Å². The molecule has 2 rings (SSSR count). The Morgan fingerprint density at radius 2 is 1.71 bits per heavy atom. The molecule has 2 aromatic rings. The number of hydrogen-bond donors (Lipinski definition) is 2. The van der Waals surface area contributed by atoms with Crippen molar-refractivity contribution in [3.63, 3.8) is 0 Å². The lowest BCUT2D eigenvalue weighted by atomic mass is 10.1. The maximum absolute atomic E-state index is 12.8. The number of nitrogens with one attached hydrogen (secondary N) is 1. The van der Waals surface area contributed by atoms with Gasteiger partial charge >= 0.3 is 0 Å². The normalized spacial score (nSPS) is 13.9. The molecule has 3 heteroatoms. The molecule has 0 aliphatic rings. The van der Waals surface area contributed by atoms with Gasteiger partial charge in [-0.1, -0.05) is 42.5 Å². The van der Waals surface area contributed by atoms with Crippen LogP contribution < -0.4 is 5.32 Å². The Morgan fingerprint density at radius 1 is 1.05 bits per heavy atom. The smallest absolute Gasteiger partial charge is 0.123 e. The van der Waals surface area contributed by atoms with Gasteiger partial charge in [0.2, 0.25) is 0 Å². The Hall–Kier alpha value is -1.71. The maximum atomic E-state index is 12.8. The molecule has 2 atom stereocenters. The van der Waals surface area contributed by atoms with Gasteiger partial charge in [-0.15, -0.1) is 0 Å². The van der Waals surface area contributed by atoms with Crippen molar-refractivity contribution in [3.8, 4) is 0 Å². The summed E-state index contributed by atoms with van der Waals surface area (Å²) in [5.41, 5.74) is 2.06. The first-order chi connectivity index (χ1) is 10.1. The molecular weight excluding hydrogens is 265 g/mol. The second kappa shape index (κ2) is 7.91. The van der Waals surface area contributed by atoms with Crippen molar-refractivity contribution in [3.05, 3.63) is 71.5 Å². The van der Waals surface area contributed by atoms with Crippen LogP contribution in [0.4, 0.5) is 4.39 Å². The van der Waals surface area contributed by atoms with Crippen LogP contribution in [0.25, 0.3) is 0 Å². The first kappa shape index (κ1) is 15.7. The summed E-state index contributed by atoms with van der Waals surface area (Å²) in [6.07, 6.45) is 1.36. The van der Waals surface area contributed by atoms with E-state index in [1.807, 2.05) is 42.5 Å². The Balaban J connectivity index is 1.72. The van der Waals surface area contributed by atoms with E-state index in [0.717, 1.165) is 24.0 Å². The third kappa shape index (κ3) is 5.29. The van der Waals surface area contributed by atoms with Gasteiger partial charge in [-0.3, -0.25) is 0 Å². The Morgan fingerprint density at radius 3 is 2.38 bits per heavy atom. The van der Waals surface area contributed by atoms with Crippen LogP contribution >= 0.6 is 0 Å². The van der Waals surface area contributed by atoms with E-state index in [0.29, 0.717) is 12.6 Å². The van der Waals surface area contributed by atoms with Gasteiger partial charge in [0, 0.05) is 12.6 Å². The Labute approximate surface area is 125 Å². The van der Waals surface area contributed by atoms with Crippen molar-refractivity contribution in [2.24, 2.45) is 0 Å². The summed E-state index contributed by atoms with van der Waals surface area (Å²) in [4.78, 5) is 0. The summed E-state index contributed by atoms with van der Waals surface area (Å²) in [7, 11) is 0. The molecule has 0 saturated carbocycles. The molecule has 21 heavy (non-hydrogen) atoms. The fraction of sp³-hybridized carbons (Fsp3) is 0.333. The van der Waals surface area contributed by atoms with Crippen LogP contribution in [0.1, 0.15) is 30.6 Å². The molecule has 0 saturated heterocycles. The van der Waals surface area contributed by atoms with Gasteiger partial charge in [-0.05, 0) is 43.0 Å². The summed E-state index contributed by atoms with van der Waals surface area (Å²) in [6, 6.07) is 16.6. The highest BCUT2D eigenvalue weighted by Gasteiger charge is 2.09. The van der Waals surface area contributed by atoms with E-state index in [9.17, 15) is 9.50 Å². The lowest BCUT2D eigenvalue weighted by Crippen LogP contribution is -2.30. The van der Waals surface area contributed by atoms with E-state index in [1.54, 1.807) is 0 Å². The molecule has 0 aliphatic heterocycles. The molecule has 0 spiro atoms. The largest absolute Gasteiger partial charge is 0.387 e. The average molecular weight is 287 g/mol. The second-order valence-electron chi connectivity index (χ2n) is 5.40. The fourth-order valence-corrected chi connectivity index (χ4v) is 2.24. The molecule has 112 valence electrons. The molecule has 0 amide bonds. The van der Waals surface area contributed by atoms with Crippen LogP contribution in [0.3, 0.4) is 0 Å². The van der Waals surface area contributed by atoms with Gasteiger partial charge in [0.25, 0.3) is 0 Å². The lowest BCUT2D eigenvalue weighted by molar-refractivity contribution is 0.170. The van der Waals surface area contributed by atoms with E-state index in [4.69, 9.17) is 0 Å². The number of hydrogen-bond acceptors (Lipinski definition) is 2. The minimum absolute atomic E-state index is 0.198. The highest BCUT2D eigenvalue weighted by Crippen LogP contribution is 2.12. The number of aliphatic hydroxyl groups is 1. The molecule has 0 aliphatic carbocycles. The predicted molar refractivity (Wildman–Crippen MR) is 83.6 cm³/mol. The third-order valence-electron chi connectivity index (χ3n) is 3.62. The molecule has 2 unspecified atom stereocenters. The summed E-state index contributed by atoms with van der Waals surface area (Å²) in [5.74, 6) is -0.198. The molecule has 2 nitrogen and oxygen atoms in total. The van der Waals surface area contributed by atoms with Crippen molar-refractivity contribution in [2.45, 2.75) is 31.9 Å². The second-order valence-corrected chi connectivity index (χ2v) is 5.40. The monoisotopic (exact) mass is 287 g/mol. The van der Waals surface area contributed by atoms with Crippen molar-refractivity contribution in [1.29, 1.82) is 0 Å². The highest BCUT2D eigenvalue weighted by molar-refractivity contribution is 5.18. The molecular formula is C18H22FNO. The van der Waals surface area contributed by atoms with Gasteiger partial charge in [0.15, 0.2) is 0 Å². The molecule has 0 heterocycles. The van der Waals surface area contributed by atoms with E-state index in [2.05, 4.69) is 12.2 Å². The Bertz CT molecular complexity index is 527. The molecule has 2 aromatic carbocycles. The maximum Gasteiger partial charge on any atom is 0.123 e. The summed E-state index contributed by atoms with van der Waals surface area (Å²) in [5, 5.41) is 13.4. The number of rotatable bonds is 7. The quantitative estimate of drug-likeness (QED) is 0.817. The van der Waals surface area contributed by atoms with Gasteiger partial charge < -0.3 is 10.4 Å². The summed E-state index contributed by atoms with van der Waals surface area (Å²) < 4.78 is 12.8. The SMILES string of the molecule is CC(CCc1ccc(F)cc1)NCC(O)c1ccccc1. The summed E-state index contributed by atoms with van der Waals surface area (Å²) in [6.45, 7) is 2.63. The minimum Gasteiger partial charge on any atom is -0.387 e. The lowest BCUT2D eigenvalue weighted by Gasteiger charge is -2.17. The van der Waals surface area contributed by atoms with E-state index in [1.165, 1.54) is 12.1 Å². The highest BCUT2D eigenvalue weighted by atomic mass is 19.1. The zero-order valence-corrected chi connectivity index (χ0v) is 12.3.